The number of carbonyl (C=O) groups is 2. The molecule has 2 rings (SSSR count). The maximum atomic E-state index is 12.5. The number of esters is 1. The minimum absolute atomic E-state index is 0.310. The molecule has 0 atom stereocenters. The number of rotatable bonds is 8. The highest BCUT2D eigenvalue weighted by Crippen LogP contribution is 2.18. The molecule has 0 bridgehead atoms. The van der Waals surface area contributed by atoms with E-state index in [-0.39, 0.29) is 5.91 Å². The minimum Gasteiger partial charge on any atom is -0.465 e. The first-order chi connectivity index (χ1) is 12.2. The second-order valence-corrected chi connectivity index (χ2v) is 5.55. The van der Waals surface area contributed by atoms with E-state index in [0.717, 1.165) is 25.8 Å². The van der Waals surface area contributed by atoms with Crippen molar-refractivity contribution < 1.29 is 14.3 Å². The summed E-state index contributed by atoms with van der Waals surface area (Å²) in [5.74, 6) is -0.149. The highest BCUT2D eigenvalue weighted by Gasteiger charge is 2.14. The van der Waals surface area contributed by atoms with Gasteiger partial charge in [-0.25, -0.2) is 9.78 Å². The molecule has 25 heavy (non-hydrogen) atoms. The molecule has 0 fully saturated rings. The Kier molecular flexibility index (Phi) is 6.95. The molecular formula is C19H23N3O3. The Morgan fingerprint density at radius 1 is 1.16 bits per heavy atom. The molecule has 1 amide bonds. The Bertz CT molecular complexity index is 731. The minimum atomic E-state index is -0.496. The van der Waals surface area contributed by atoms with Crippen molar-refractivity contribution in [1.29, 1.82) is 0 Å². The average molecular weight is 341 g/mol. The largest absolute Gasteiger partial charge is 0.465 e. The monoisotopic (exact) mass is 341 g/mol. The Hall–Kier alpha value is -2.89. The van der Waals surface area contributed by atoms with Crippen LogP contribution in [0.5, 0.6) is 0 Å². The number of carbonyl (C=O) groups excluding carboxylic acids is 2. The van der Waals surface area contributed by atoms with Crippen molar-refractivity contribution in [3.63, 3.8) is 0 Å². The molecule has 1 aromatic carbocycles. The summed E-state index contributed by atoms with van der Waals surface area (Å²) in [4.78, 5) is 28.5. The lowest BCUT2D eigenvalue weighted by Gasteiger charge is -2.10. The van der Waals surface area contributed by atoms with Gasteiger partial charge in [0.05, 0.1) is 18.4 Å². The van der Waals surface area contributed by atoms with Gasteiger partial charge in [-0.1, -0.05) is 31.9 Å². The highest BCUT2D eigenvalue weighted by molar-refractivity contribution is 6.08. The van der Waals surface area contributed by atoms with Crippen LogP contribution in [0.25, 0.3) is 0 Å². The number of benzene rings is 1. The van der Waals surface area contributed by atoms with Gasteiger partial charge in [0.2, 0.25) is 0 Å². The van der Waals surface area contributed by atoms with Crippen LogP contribution in [0.1, 0.15) is 46.9 Å². The van der Waals surface area contributed by atoms with Crippen molar-refractivity contribution in [2.24, 2.45) is 0 Å². The molecular weight excluding hydrogens is 318 g/mol. The molecule has 132 valence electrons. The molecule has 0 aliphatic heterocycles. The van der Waals surface area contributed by atoms with E-state index in [1.807, 2.05) is 0 Å². The first kappa shape index (κ1) is 18.4. The molecule has 0 saturated carbocycles. The SMILES string of the molecule is CCCCCNc1cc(C(=O)Nc2ccccc2C(=O)OC)ccn1. The number of aromatic nitrogens is 1. The molecule has 2 aromatic rings. The molecule has 0 aliphatic rings. The van der Waals surface area contributed by atoms with Crippen LogP contribution in [0, 0.1) is 0 Å². The van der Waals surface area contributed by atoms with Crippen molar-refractivity contribution in [3.8, 4) is 0 Å². The van der Waals surface area contributed by atoms with Crippen molar-refractivity contribution in [3.05, 3.63) is 53.7 Å². The van der Waals surface area contributed by atoms with E-state index < -0.39 is 5.97 Å². The summed E-state index contributed by atoms with van der Waals surface area (Å²) < 4.78 is 4.74. The van der Waals surface area contributed by atoms with Crippen LogP contribution in [0.2, 0.25) is 0 Å². The fraction of sp³-hybridized carbons (Fsp3) is 0.316. The van der Waals surface area contributed by atoms with E-state index in [2.05, 4.69) is 22.5 Å². The number of amides is 1. The molecule has 0 spiro atoms. The summed E-state index contributed by atoms with van der Waals surface area (Å²) in [5, 5.41) is 5.96. The van der Waals surface area contributed by atoms with E-state index in [1.54, 1.807) is 42.6 Å². The zero-order valence-electron chi connectivity index (χ0n) is 14.5. The number of unbranched alkanes of at least 4 members (excludes halogenated alkanes) is 2. The Morgan fingerprint density at radius 3 is 2.72 bits per heavy atom. The number of nitrogens with zero attached hydrogens (tertiary/aromatic N) is 1. The second kappa shape index (κ2) is 9.42. The lowest BCUT2D eigenvalue weighted by Crippen LogP contribution is -2.16. The zero-order valence-corrected chi connectivity index (χ0v) is 14.5. The molecule has 0 aliphatic carbocycles. The predicted molar refractivity (Wildman–Crippen MR) is 98.0 cm³/mol. The molecule has 2 N–H and O–H groups in total. The molecule has 1 heterocycles. The normalized spacial score (nSPS) is 10.2. The fourth-order valence-corrected chi connectivity index (χ4v) is 2.33. The Labute approximate surface area is 147 Å². The first-order valence-corrected chi connectivity index (χ1v) is 8.34. The third-order valence-corrected chi connectivity index (χ3v) is 3.69. The second-order valence-electron chi connectivity index (χ2n) is 5.55. The number of methoxy groups -OCH3 is 1. The third kappa shape index (κ3) is 5.31. The Balaban J connectivity index is 2.08. The number of hydrogen-bond donors (Lipinski definition) is 2. The van der Waals surface area contributed by atoms with Gasteiger partial charge < -0.3 is 15.4 Å². The van der Waals surface area contributed by atoms with Gasteiger partial charge in [-0.05, 0) is 30.7 Å². The summed E-state index contributed by atoms with van der Waals surface area (Å²) in [6.45, 7) is 2.96. The van der Waals surface area contributed by atoms with Gasteiger partial charge in [-0.2, -0.15) is 0 Å². The summed E-state index contributed by atoms with van der Waals surface area (Å²) in [5.41, 5.74) is 1.19. The van der Waals surface area contributed by atoms with Crippen LogP contribution >= 0.6 is 0 Å². The van der Waals surface area contributed by atoms with E-state index in [4.69, 9.17) is 4.74 Å². The topological polar surface area (TPSA) is 80.3 Å². The highest BCUT2D eigenvalue weighted by atomic mass is 16.5. The molecule has 0 saturated heterocycles. The summed E-state index contributed by atoms with van der Waals surface area (Å²) in [7, 11) is 1.31. The third-order valence-electron chi connectivity index (χ3n) is 3.69. The van der Waals surface area contributed by atoms with Gasteiger partial charge in [0.15, 0.2) is 0 Å². The molecule has 0 unspecified atom stereocenters. The lowest BCUT2D eigenvalue weighted by molar-refractivity contribution is 0.0602. The van der Waals surface area contributed by atoms with Gasteiger partial charge in [0, 0.05) is 18.3 Å². The lowest BCUT2D eigenvalue weighted by atomic mass is 10.1. The average Bonchev–Trinajstić information content (AvgIpc) is 2.65. The maximum Gasteiger partial charge on any atom is 0.339 e. The van der Waals surface area contributed by atoms with Crippen molar-refractivity contribution in [1.82, 2.24) is 4.98 Å². The number of pyridine rings is 1. The van der Waals surface area contributed by atoms with E-state index in [9.17, 15) is 9.59 Å². The molecule has 6 heteroatoms. The van der Waals surface area contributed by atoms with Gasteiger partial charge in [-0.3, -0.25) is 4.79 Å². The molecule has 1 aromatic heterocycles. The Morgan fingerprint density at radius 2 is 1.96 bits per heavy atom. The number of anilines is 2. The smallest absolute Gasteiger partial charge is 0.339 e. The quantitative estimate of drug-likeness (QED) is 0.565. The van der Waals surface area contributed by atoms with Crippen molar-refractivity contribution >= 4 is 23.4 Å². The van der Waals surface area contributed by atoms with Crippen LogP contribution in [-0.4, -0.2) is 30.5 Å². The van der Waals surface area contributed by atoms with Crippen LogP contribution < -0.4 is 10.6 Å². The molecule has 0 radical (unpaired) electrons. The van der Waals surface area contributed by atoms with E-state index in [1.165, 1.54) is 7.11 Å². The molecule has 6 nitrogen and oxygen atoms in total. The standard InChI is InChI=1S/C19H23N3O3/c1-3-4-7-11-20-17-13-14(10-12-21-17)18(23)22-16-9-6-5-8-15(16)19(24)25-2/h5-6,8-10,12-13H,3-4,7,11H2,1-2H3,(H,20,21)(H,22,23). The van der Waals surface area contributed by atoms with Crippen molar-refractivity contribution in [2.45, 2.75) is 26.2 Å². The predicted octanol–water partition coefficient (Wildman–Crippen LogP) is 3.72. The number of para-hydroxylation sites is 1. The fourth-order valence-electron chi connectivity index (χ4n) is 2.33. The van der Waals surface area contributed by atoms with Crippen LogP contribution in [0.3, 0.4) is 0 Å². The number of nitrogens with one attached hydrogen (secondary N) is 2. The van der Waals surface area contributed by atoms with E-state index >= 15 is 0 Å². The maximum absolute atomic E-state index is 12.5. The summed E-state index contributed by atoms with van der Waals surface area (Å²) in [6, 6.07) is 10.1. The van der Waals surface area contributed by atoms with E-state index in [0.29, 0.717) is 22.6 Å². The van der Waals surface area contributed by atoms with Gasteiger partial charge in [0.1, 0.15) is 5.82 Å². The van der Waals surface area contributed by atoms with Crippen LogP contribution in [0.4, 0.5) is 11.5 Å². The van der Waals surface area contributed by atoms with Gasteiger partial charge >= 0.3 is 5.97 Å². The number of hydrogen-bond acceptors (Lipinski definition) is 5. The van der Waals surface area contributed by atoms with Gasteiger partial charge in [-0.15, -0.1) is 0 Å². The van der Waals surface area contributed by atoms with Gasteiger partial charge in [0.25, 0.3) is 5.91 Å². The first-order valence-electron chi connectivity index (χ1n) is 8.34. The van der Waals surface area contributed by atoms with Crippen LogP contribution in [0.15, 0.2) is 42.6 Å². The number of ether oxygens (including phenoxy) is 1. The summed E-state index contributed by atoms with van der Waals surface area (Å²) >= 11 is 0. The zero-order chi connectivity index (χ0) is 18.1. The van der Waals surface area contributed by atoms with Crippen molar-refractivity contribution in [2.75, 3.05) is 24.3 Å². The van der Waals surface area contributed by atoms with Crippen LogP contribution in [-0.2, 0) is 4.74 Å². The summed E-state index contributed by atoms with van der Waals surface area (Å²) in [6.07, 6.45) is 4.94.